The van der Waals surface area contributed by atoms with Gasteiger partial charge in [-0.1, -0.05) is 6.07 Å². The fourth-order valence-corrected chi connectivity index (χ4v) is 4.78. The van der Waals surface area contributed by atoms with E-state index in [1.807, 2.05) is 12.1 Å². The van der Waals surface area contributed by atoms with Gasteiger partial charge < -0.3 is 14.6 Å². The molecule has 29 heavy (non-hydrogen) atoms. The lowest BCUT2D eigenvalue weighted by atomic mass is 9.91. The van der Waals surface area contributed by atoms with Gasteiger partial charge in [-0.15, -0.1) is 0 Å². The minimum atomic E-state index is -0.275. The first kappa shape index (κ1) is 20.0. The summed E-state index contributed by atoms with van der Waals surface area (Å²) in [5.41, 5.74) is 0.882. The van der Waals surface area contributed by atoms with Gasteiger partial charge in [0.25, 0.3) is 0 Å². The van der Waals surface area contributed by atoms with E-state index in [0.717, 1.165) is 76.1 Å². The third-order valence-electron chi connectivity index (χ3n) is 6.69. The first-order chi connectivity index (χ1) is 14.1. The maximum atomic E-state index is 12.0. The summed E-state index contributed by atoms with van der Waals surface area (Å²) in [4.78, 5) is 43.7. The zero-order valence-electron chi connectivity index (χ0n) is 16.9. The zero-order valence-corrected chi connectivity index (χ0v) is 16.9. The molecule has 156 valence electrons. The number of hydrogen-bond acceptors (Lipinski definition) is 6. The van der Waals surface area contributed by atoms with Crippen molar-refractivity contribution < 1.29 is 14.4 Å². The van der Waals surface area contributed by atoms with Crippen molar-refractivity contribution in [3.05, 3.63) is 23.9 Å². The highest BCUT2D eigenvalue weighted by Gasteiger charge is 2.29. The molecule has 1 unspecified atom stereocenters. The number of rotatable bonds is 5. The van der Waals surface area contributed by atoms with E-state index >= 15 is 0 Å². The quantitative estimate of drug-likeness (QED) is 0.601. The monoisotopic (exact) mass is 398 g/mol. The van der Waals surface area contributed by atoms with Gasteiger partial charge in [0.2, 0.25) is 11.8 Å². The van der Waals surface area contributed by atoms with E-state index < -0.39 is 0 Å². The highest BCUT2D eigenvalue weighted by molar-refractivity contribution is 6.00. The van der Waals surface area contributed by atoms with Crippen molar-refractivity contribution in [2.24, 2.45) is 11.8 Å². The number of anilines is 1. The largest absolute Gasteiger partial charge is 0.357 e. The topological polar surface area (TPSA) is 82.6 Å². The van der Waals surface area contributed by atoms with Crippen molar-refractivity contribution in [1.29, 1.82) is 0 Å². The summed E-state index contributed by atoms with van der Waals surface area (Å²) in [5, 5.41) is 2.41. The minimum absolute atomic E-state index is 0.188. The Bertz CT molecular complexity index is 735. The van der Waals surface area contributed by atoms with Gasteiger partial charge in [-0.25, -0.2) is 4.98 Å². The molecule has 0 radical (unpaired) electrons. The van der Waals surface area contributed by atoms with Crippen LogP contribution in [0.3, 0.4) is 0 Å². The molecule has 4 rings (SSSR count). The Kier molecular flexibility index (Phi) is 6.23. The highest BCUT2D eigenvalue weighted by atomic mass is 16.2. The Labute approximate surface area is 171 Å². The maximum Gasteiger partial charge on any atom is 0.234 e. The minimum Gasteiger partial charge on any atom is -0.357 e. The lowest BCUT2D eigenvalue weighted by Crippen LogP contribution is -2.42. The number of aldehydes is 1. The van der Waals surface area contributed by atoms with Gasteiger partial charge >= 0.3 is 0 Å². The Hall–Kier alpha value is -2.28. The molecule has 1 atom stereocenters. The van der Waals surface area contributed by atoms with Crippen LogP contribution in [-0.2, 0) is 14.4 Å². The van der Waals surface area contributed by atoms with Crippen molar-refractivity contribution >= 4 is 23.9 Å². The van der Waals surface area contributed by atoms with Crippen LogP contribution in [0.4, 0.5) is 5.82 Å². The normalized spacial score (nSPS) is 25.1. The number of nitrogens with one attached hydrogen (secondary N) is 1. The third-order valence-corrected chi connectivity index (χ3v) is 6.69. The summed E-state index contributed by atoms with van der Waals surface area (Å²) in [6, 6.07) is 3.98. The summed E-state index contributed by atoms with van der Waals surface area (Å²) >= 11 is 0. The second-order valence-electron chi connectivity index (χ2n) is 8.66. The Morgan fingerprint density at radius 1 is 1.03 bits per heavy atom. The van der Waals surface area contributed by atoms with E-state index in [4.69, 9.17) is 0 Å². The molecule has 0 saturated carbocycles. The van der Waals surface area contributed by atoms with Crippen molar-refractivity contribution in [2.45, 2.75) is 44.4 Å². The summed E-state index contributed by atoms with van der Waals surface area (Å²) in [6.07, 6.45) is 8.18. The smallest absolute Gasteiger partial charge is 0.234 e. The molecule has 7 heteroatoms. The van der Waals surface area contributed by atoms with Gasteiger partial charge in [0.1, 0.15) is 12.1 Å². The SMILES string of the molecule is O=CC1CCN(CC2CCN(c3ccc(C4CCC(=O)NC4=O)cn3)CC2)CC1. The molecule has 3 saturated heterocycles. The van der Waals surface area contributed by atoms with Crippen LogP contribution in [0.1, 0.15) is 50.0 Å². The van der Waals surface area contributed by atoms with Crippen molar-refractivity contribution in [3.8, 4) is 0 Å². The predicted molar refractivity (Wildman–Crippen MR) is 110 cm³/mol. The van der Waals surface area contributed by atoms with Crippen molar-refractivity contribution in [2.75, 3.05) is 37.6 Å². The Morgan fingerprint density at radius 3 is 2.41 bits per heavy atom. The van der Waals surface area contributed by atoms with Crippen LogP contribution in [0.5, 0.6) is 0 Å². The lowest BCUT2D eigenvalue weighted by molar-refractivity contribution is -0.134. The second kappa shape index (κ2) is 9.03. The average Bonchev–Trinajstić information content (AvgIpc) is 2.75. The summed E-state index contributed by atoms with van der Waals surface area (Å²) in [7, 11) is 0. The number of aromatic nitrogens is 1. The summed E-state index contributed by atoms with van der Waals surface area (Å²) < 4.78 is 0. The number of hydrogen-bond donors (Lipinski definition) is 1. The van der Waals surface area contributed by atoms with Gasteiger partial charge in [0.05, 0.1) is 5.92 Å². The van der Waals surface area contributed by atoms with E-state index in [9.17, 15) is 14.4 Å². The molecular weight excluding hydrogens is 368 g/mol. The number of imide groups is 1. The highest BCUT2D eigenvalue weighted by Crippen LogP contribution is 2.28. The van der Waals surface area contributed by atoms with Crippen LogP contribution in [0.15, 0.2) is 18.3 Å². The van der Waals surface area contributed by atoms with Gasteiger partial charge in [0, 0.05) is 38.2 Å². The first-order valence-electron chi connectivity index (χ1n) is 10.8. The van der Waals surface area contributed by atoms with E-state index in [1.54, 1.807) is 6.20 Å². The van der Waals surface area contributed by atoms with E-state index in [1.165, 1.54) is 0 Å². The zero-order chi connectivity index (χ0) is 20.2. The molecule has 2 amide bonds. The number of amides is 2. The van der Waals surface area contributed by atoms with Crippen molar-refractivity contribution in [1.82, 2.24) is 15.2 Å². The number of carbonyl (C=O) groups is 3. The van der Waals surface area contributed by atoms with Crippen LogP contribution in [0, 0.1) is 11.8 Å². The Balaban J connectivity index is 1.26. The van der Waals surface area contributed by atoms with Crippen LogP contribution >= 0.6 is 0 Å². The predicted octanol–water partition coefficient (Wildman–Crippen LogP) is 1.73. The van der Waals surface area contributed by atoms with Crippen LogP contribution in [0.2, 0.25) is 0 Å². The fourth-order valence-electron chi connectivity index (χ4n) is 4.78. The van der Waals surface area contributed by atoms with E-state index in [0.29, 0.717) is 18.8 Å². The van der Waals surface area contributed by atoms with E-state index in [2.05, 4.69) is 20.1 Å². The third kappa shape index (κ3) is 4.83. The molecule has 4 heterocycles. The number of nitrogens with zero attached hydrogens (tertiary/aromatic N) is 3. The standard InChI is InChI=1S/C22H30N4O3/c27-15-17-5-9-25(10-6-17)14-16-7-11-26(12-8-16)20-3-1-18(13-23-20)19-2-4-21(28)24-22(19)29/h1,3,13,15-17,19H,2,4-12,14H2,(H,24,28,29). The van der Waals surface area contributed by atoms with Crippen LogP contribution in [0.25, 0.3) is 0 Å². The van der Waals surface area contributed by atoms with Gasteiger partial charge in [-0.3, -0.25) is 14.9 Å². The molecule has 1 aromatic heterocycles. The summed E-state index contributed by atoms with van der Waals surface area (Å²) in [5.74, 6) is 1.26. The van der Waals surface area contributed by atoms with Gasteiger partial charge in [-0.05, 0) is 62.7 Å². The van der Waals surface area contributed by atoms with Crippen LogP contribution < -0.4 is 10.2 Å². The molecule has 0 aromatic carbocycles. The second-order valence-corrected chi connectivity index (χ2v) is 8.66. The molecule has 3 aliphatic heterocycles. The number of piperidine rings is 3. The average molecular weight is 399 g/mol. The summed E-state index contributed by atoms with van der Waals surface area (Å²) in [6.45, 7) is 5.24. The van der Waals surface area contributed by atoms with E-state index in [-0.39, 0.29) is 23.7 Å². The molecule has 3 aliphatic rings. The van der Waals surface area contributed by atoms with Crippen molar-refractivity contribution in [3.63, 3.8) is 0 Å². The first-order valence-corrected chi connectivity index (χ1v) is 10.8. The van der Waals surface area contributed by atoms with Gasteiger partial charge in [-0.2, -0.15) is 0 Å². The lowest BCUT2D eigenvalue weighted by Gasteiger charge is -2.37. The number of pyridine rings is 1. The molecule has 0 aliphatic carbocycles. The molecule has 1 aromatic rings. The Morgan fingerprint density at radius 2 is 1.79 bits per heavy atom. The number of carbonyl (C=O) groups excluding carboxylic acids is 3. The molecular formula is C22H30N4O3. The van der Waals surface area contributed by atoms with Gasteiger partial charge in [0.15, 0.2) is 0 Å². The fraction of sp³-hybridized carbons (Fsp3) is 0.636. The molecule has 7 nitrogen and oxygen atoms in total. The number of likely N-dealkylation sites (tertiary alicyclic amines) is 1. The molecule has 0 spiro atoms. The maximum absolute atomic E-state index is 12.0. The van der Waals surface area contributed by atoms with Crippen LogP contribution in [-0.4, -0.2) is 60.7 Å². The molecule has 1 N–H and O–H groups in total. The molecule has 0 bridgehead atoms. The molecule has 3 fully saturated rings.